The SMILES string of the molecule is CC(C)C1C(=O)NCCN1Cc1cc(Br)ccc1OC(F)F. The van der Waals surface area contributed by atoms with Crippen LogP contribution in [0.2, 0.25) is 0 Å². The predicted octanol–water partition coefficient (Wildman–Crippen LogP) is 3.01. The third kappa shape index (κ3) is 4.16. The minimum Gasteiger partial charge on any atom is -0.434 e. The molecule has 0 bridgehead atoms. The van der Waals surface area contributed by atoms with Crippen molar-refractivity contribution in [2.75, 3.05) is 13.1 Å². The molecule has 4 nitrogen and oxygen atoms in total. The highest BCUT2D eigenvalue weighted by Gasteiger charge is 2.32. The highest BCUT2D eigenvalue weighted by atomic mass is 79.9. The second-order valence-corrected chi connectivity index (χ2v) is 6.50. The monoisotopic (exact) mass is 376 g/mol. The van der Waals surface area contributed by atoms with Crippen LogP contribution in [0, 0.1) is 5.92 Å². The van der Waals surface area contributed by atoms with Gasteiger partial charge in [0.05, 0.1) is 6.04 Å². The number of alkyl halides is 2. The van der Waals surface area contributed by atoms with Gasteiger partial charge >= 0.3 is 6.61 Å². The van der Waals surface area contributed by atoms with Gasteiger partial charge in [0.1, 0.15) is 5.75 Å². The summed E-state index contributed by atoms with van der Waals surface area (Å²) in [6, 6.07) is 4.65. The second-order valence-electron chi connectivity index (χ2n) is 5.58. The van der Waals surface area contributed by atoms with E-state index in [-0.39, 0.29) is 23.6 Å². The van der Waals surface area contributed by atoms with Crippen LogP contribution in [0.25, 0.3) is 0 Å². The van der Waals surface area contributed by atoms with Crippen LogP contribution in [-0.2, 0) is 11.3 Å². The van der Waals surface area contributed by atoms with Crippen LogP contribution in [-0.4, -0.2) is 36.5 Å². The number of hydrogen-bond donors (Lipinski definition) is 1. The fourth-order valence-electron chi connectivity index (χ4n) is 2.74. The van der Waals surface area contributed by atoms with Crippen molar-refractivity contribution in [3.63, 3.8) is 0 Å². The number of nitrogens with zero attached hydrogens (tertiary/aromatic N) is 1. The van der Waals surface area contributed by atoms with Crippen molar-refractivity contribution in [3.8, 4) is 5.75 Å². The zero-order valence-corrected chi connectivity index (χ0v) is 14.1. The van der Waals surface area contributed by atoms with Crippen LogP contribution in [0.1, 0.15) is 19.4 Å². The Morgan fingerprint density at radius 1 is 1.45 bits per heavy atom. The lowest BCUT2D eigenvalue weighted by molar-refractivity contribution is -0.131. The molecular formula is C15H19BrF2N2O2. The topological polar surface area (TPSA) is 41.6 Å². The van der Waals surface area contributed by atoms with Crippen molar-refractivity contribution in [2.45, 2.75) is 33.0 Å². The molecule has 1 unspecified atom stereocenters. The Morgan fingerprint density at radius 3 is 2.82 bits per heavy atom. The summed E-state index contributed by atoms with van der Waals surface area (Å²) in [6.07, 6.45) is 0. The first-order valence-corrected chi connectivity index (χ1v) is 7.92. The van der Waals surface area contributed by atoms with E-state index >= 15 is 0 Å². The molecule has 0 aliphatic carbocycles. The van der Waals surface area contributed by atoms with E-state index in [2.05, 4.69) is 26.0 Å². The second kappa shape index (κ2) is 7.37. The predicted molar refractivity (Wildman–Crippen MR) is 82.8 cm³/mol. The van der Waals surface area contributed by atoms with E-state index in [0.717, 1.165) is 4.47 Å². The van der Waals surface area contributed by atoms with Gasteiger partial charge in [-0.05, 0) is 24.1 Å². The number of hydrogen-bond acceptors (Lipinski definition) is 3. The van der Waals surface area contributed by atoms with Gasteiger partial charge in [-0.3, -0.25) is 9.69 Å². The summed E-state index contributed by atoms with van der Waals surface area (Å²) >= 11 is 3.34. The molecule has 0 saturated carbocycles. The summed E-state index contributed by atoms with van der Waals surface area (Å²) in [5, 5.41) is 2.85. The van der Waals surface area contributed by atoms with Gasteiger partial charge in [0, 0.05) is 29.7 Å². The van der Waals surface area contributed by atoms with Gasteiger partial charge in [0.25, 0.3) is 0 Å². The molecule has 1 aliphatic rings. The van der Waals surface area contributed by atoms with Crippen molar-refractivity contribution in [1.29, 1.82) is 0 Å². The minimum absolute atomic E-state index is 0.0208. The number of rotatable bonds is 5. The number of nitrogens with one attached hydrogen (secondary N) is 1. The number of carbonyl (C=O) groups excluding carboxylic acids is 1. The quantitative estimate of drug-likeness (QED) is 0.858. The molecule has 1 saturated heterocycles. The molecular weight excluding hydrogens is 358 g/mol. The maximum atomic E-state index is 12.5. The Balaban J connectivity index is 2.24. The molecule has 1 aromatic carbocycles. The fourth-order valence-corrected chi connectivity index (χ4v) is 3.14. The van der Waals surface area contributed by atoms with Gasteiger partial charge in [-0.15, -0.1) is 0 Å². The Morgan fingerprint density at radius 2 is 2.18 bits per heavy atom. The van der Waals surface area contributed by atoms with Gasteiger partial charge in [0.2, 0.25) is 5.91 Å². The fraction of sp³-hybridized carbons (Fsp3) is 0.533. The van der Waals surface area contributed by atoms with Gasteiger partial charge < -0.3 is 10.1 Å². The largest absolute Gasteiger partial charge is 0.434 e. The normalized spacial score (nSPS) is 19.6. The highest BCUT2D eigenvalue weighted by Crippen LogP contribution is 2.28. The van der Waals surface area contributed by atoms with Crippen LogP contribution >= 0.6 is 15.9 Å². The van der Waals surface area contributed by atoms with Crippen molar-refractivity contribution < 1.29 is 18.3 Å². The van der Waals surface area contributed by atoms with Gasteiger partial charge in [0.15, 0.2) is 0 Å². The summed E-state index contributed by atoms with van der Waals surface area (Å²) < 4.78 is 30.4. The van der Waals surface area contributed by atoms with E-state index in [1.54, 1.807) is 12.1 Å². The summed E-state index contributed by atoms with van der Waals surface area (Å²) in [6.45, 7) is 2.69. The molecule has 0 aromatic heterocycles. The standard InChI is InChI=1S/C15H19BrF2N2O2/c1-9(2)13-14(21)19-5-6-20(13)8-10-7-11(16)3-4-12(10)22-15(17)18/h3-4,7,9,13,15H,5-6,8H2,1-2H3,(H,19,21). The van der Waals surface area contributed by atoms with Crippen LogP contribution in [0.3, 0.4) is 0 Å². The molecule has 1 aromatic rings. The van der Waals surface area contributed by atoms with E-state index in [0.29, 0.717) is 25.2 Å². The first-order valence-electron chi connectivity index (χ1n) is 7.13. The first-order chi connectivity index (χ1) is 10.4. The summed E-state index contributed by atoms with van der Waals surface area (Å²) in [5.41, 5.74) is 0.634. The highest BCUT2D eigenvalue weighted by molar-refractivity contribution is 9.10. The molecule has 7 heteroatoms. The lowest BCUT2D eigenvalue weighted by Crippen LogP contribution is -2.56. The molecule has 1 fully saturated rings. The smallest absolute Gasteiger partial charge is 0.387 e. The molecule has 1 N–H and O–H groups in total. The van der Waals surface area contributed by atoms with Crippen LogP contribution in [0.15, 0.2) is 22.7 Å². The van der Waals surface area contributed by atoms with Crippen molar-refractivity contribution in [3.05, 3.63) is 28.2 Å². The third-order valence-corrected chi connectivity index (χ3v) is 4.10. The first kappa shape index (κ1) is 17.1. The van der Waals surface area contributed by atoms with Gasteiger partial charge in [-0.2, -0.15) is 8.78 Å². The number of amides is 1. The lowest BCUT2D eigenvalue weighted by atomic mass is 9.99. The summed E-state index contributed by atoms with van der Waals surface area (Å²) in [5.74, 6) is 0.256. The average Bonchev–Trinajstić information content (AvgIpc) is 2.41. The molecule has 1 atom stereocenters. The number of halogens is 3. The van der Waals surface area contributed by atoms with Crippen LogP contribution in [0.5, 0.6) is 5.75 Å². The molecule has 1 aliphatic heterocycles. The van der Waals surface area contributed by atoms with E-state index in [1.165, 1.54) is 6.07 Å². The molecule has 0 spiro atoms. The van der Waals surface area contributed by atoms with E-state index in [9.17, 15) is 13.6 Å². The molecule has 122 valence electrons. The number of carbonyl (C=O) groups is 1. The van der Waals surface area contributed by atoms with E-state index in [4.69, 9.17) is 0 Å². The molecule has 2 rings (SSSR count). The summed E-state index contributed by atoms with van der Waals surface area (Å²) in [4.78, 5) is 14.1. The lowest BCUT2D eigenvalue weighted by Gasteiger charge is -2.37. The van der Waals surface area contributed by atoms with Crippen molar-refractivity contribution in [1.82, 2.24) is 10.2 Å². The van der Waals surface area contributed by atoms with Gasteiger partial charge in [-0.25, -0.2) is 0 Å². The Labute approximate surface area is 136 Å². The van der Waals surface area contributed by atoms with E-state index in [1.807, 2.05) is 18.7 Å². The zero-order chi connectivity index (χ0) is 16.3. The Bertz CT molecular complexity index is 540. The average molecular weight is 377 g/mol. The third-order valence-electron chi connectivity index (χ3n) is 3.60. The van der Waals surface area contributed by atoms with Crippen molar-refractivity contribution >= 4 is 21.8 Å². The maximum absolute atomic E-state index is 12.5. The number of piperazine rings is 1. The number of benzene rings is 1. The Kier molecular flexibility index (Phi) is 5.74. The number of ether oxygens (including phenoxy) is 1. The molecule has 1 amide bonds. The van der Waals surface area contributed by atoms with Crippen molar-refractivity contribution in [2.24, 2.45) is 5.92 Å². The molecule has 22 heavy (non-hydrogen) atoms. The van der Waals surface area contributed by atoms with Gasteiger partial charge in [-0.1, -0.05) is 29.8 Å². The summed E-state index contributed by atoms with van der Waals surface area (Å²) in [7, 11) is 0. The van der Waals surface area contributed by atoms with E-state index < -0.39 is 6.61 Å². The molecule has 0 radical (unpaired) electrons. The Hall–Kier alpha value is -1.21. The minimum atomic E-state index is -2.87. The zero-order valence-electron chi connectivity index (χ0n) is 12.5. The molecule has 1 heterocycles. The van der Waals surface area contributed by atoms with Crippen LogP contribution < -0.4 is 10.1 Å². The van der Waals surface area contributed by atoms with Crippen LogP contribution in [0.4, 0.5) is 8.78 Å². The maximum Gasteiger partial charge on any atom is 0.387 e.